The zero-order valence-corrected chi connectivity index (χ0v) is 15.9. The number of benzene rings is 2. The first-order chi connectivity index (χ1) is 11.7. The molecule has 2 aromatic rings. The van der Waals surface area contributed by atoms with E-state index in [2.05, 4.69) is 5.32 Å². The molecule has 2 atom stereocenters. The van der Waals surface area contributed by atoms with Crippen molar-refractivity contribution in [3.05, 3.63) is 69.7 Å². The fraction of sp³-hybridized carbons (Fsp3) is 0.316. The van der Waals surface area contributed by atoms with E-state index in [0.717, 1.165) is 11.1 Å². The van der Waals surface area contributed by atoms with Crippen molar-refractivity contribution < 1.29 is 9.53 Å². The van der Waals surface area contributed by atoms with Crippen molar-refractivity contribution in [2.45, 2.75) is 38.5 Å². The molecule has 0 saturated heterocycles. The second kappa shape index (κ2) is 8.09. The van der Waals surface area contributed by atoms with Crippen LogP contribution in [0.15, 0.2) is 48.5 Å². The summed E-state index contributed by atoms with van der Waals surface area (Å²) in [5.41, 5.74) is 7.46. The molecule has 2 aromatic carbocycles. The SMILES string of the molecule is CC(C)(C)OC(=O)NC(c1ccc(Cl)cc1)C(N)c1cccc(Cl)c1. The third kappa shape index (κ3) is 5.92. The van der Waals surface area contributed by atoms with Gasteiger partial charge in [0.1, 0.15) is 5.60 Å². The fourth-order valence-electron chi connectivity index (χ4n) is 2.39. The topological polar surface area (TPSA) is 64.3 Å². The first-order valence-corrected chi connectivity index (χ1v) is 8.67. The lowest BCUT2D eigenvalue weighted by Crippen LogP contribution is -2.39. The van der Waals surface area contributed by atoms with Gasteiger partial charge in [-0.05, 0) is 56.2 Å². The molecule has 0 radical (unpaired) electrons. The van der Waals surface area contributed by atoms with E-state index in [4.69, 9.17) is 33.7 Å². The Morgan fingerprint density at radius 2 is 1.68 bits per heavy atom. The van der Waals surface area contributed by atoms with Crippen molar-refractivity contribution >= 4 is 29.3 Å². The molecule has 3 N–H and O–H groups in total. The van der Waals surface area contributed by atoms with E-state index >= 15 is 0 Å². The highest BCUT2D eigenvalue weighted by Crippen LogP contribution is 2.29. The van der Waals surface area contributed by atoms with Crippen molar-refractivity contribution in [3.63, 3.8) is 0 Å². The molecule has 0 aliphatic rings. The predicted octanol–water partition coefficient (Wildman–Crippen LogP) is 5.26. The van der Waals surface area contributed by atoms with E-state index in [-0.39, 0.29) is 0 Å². The van der Waals surface area contributed by atoms with Gasteiger partial charge >= 0.3 is 6.09 Å². The molecule has 0 aliphatic carbocycles. The maximum Gasteiger partial charge on any atom is 0.408 e. The standard InChI is InChI=1S/C19H22Cl2N2O2/c1-19(2,3)25-18(24)23-17(12-7-9-14(20)10-8-12)16(22)13-5-4-6-15(21)11-13/h4-11,16-17H,22H2,1-3H3,(H,23,24). The summed E-state index contributed by atoms with van der Waals surface area (Å²) in [5, 5.41) is 4.05. The van der Waals surface area contributed by atoms with E-state index in [1.165, 1.54) is 0 Å². The third-order valence-electron chi connectivity index (χ3n) is 3.49. The number of carbonyl (C=O) groups excluding carboxylic acids is 1. The maximum atomic E-state index is 12.3. The number of carbonyl (C=O) groups is 1. The number of alkyl carbamates (subject to hydrolysis) is 1. The normalized spacial score (nSPS) is 13.8. The first-order valence-electron chi connectivity index (χ1n) is 7.92. The lowest BCUT2D eigenvalue weighted by molar-refractivity contribution is 0.0495. The average Bonchev–Trinajstić information content (AvgIpc) is 2.51. The van der Waals surface area contributed by atoms with Crippen LogP contribution in [-0.2, 0) is 4.74 Å². The summed E-state index contributed by atoms with van der Waals surface area (Å²) < 4.78 is 5.37. The molecule has 134 valence electrons. The Balaban J connectivity index is 2.31. The van der Waals surface area contributed by atoms with Gasteiger partial charge in [0.15, 0.2) is 0 Å². The van der Waals surface area contributed by atoms with Crippen LogP contribution >= 0.6 is 23.2 Å². The molecular formula is C19H22Cl2N2O2. The predicted molar refractivity (Wildman–Crippen MR) is 102 cm³/mol. The maximum absolute atomic E-state index is 12.3. The van der Waals surface area contributed by atoms with Gasteiger partial charge in [-0.1, -0.05) is 47.5 Å². The molecule has 2 rings (SSSR count). The van der Waals surface area contributed by atoms with E-state index in [9.17, 15) is 4.79 Å². The van der Waals surface area contributed by atoms with Crippen LogP contribution in [0.25, 0.3) is 0 Å². The quantitative estimate of drug-likeness (QED) is 0.759. The van der Waals surface area contributed by atoms with Gasteiger partial charge in [-0.2, -0.15) is 0 Å². The van der Waals surface area contributed by atoms with Gasteiger partial charge in [0.25, 0.3) is 0 Å². The molecule has 0 aromatic heterocycles. The molecule has 0 aliphatic heterocycles. The molecular weight excluding hydrogens is 359 g/mol. The molecule has 0 fully saturated rings. The van der Waals surface area contributed by atoms with Crippen LogP contribution in [0.3, 0.4) is 0 Å². The lowest BCUT2D eigenvalue weighted by atomic mass is 9.94. The summed E-state index contributed by atoms with van der Waals surface area (Å²) in [6.07, 6.45) is -0.537. The van der Waals surface area contributed by atoms with Gasteiger partial charge < -0.3 is 15.8 Å². The lowest BCUT2D eigenvalue weighted by Gasteiger charge is -2.28. The van der Waals surface area contributed by atoms with Crippen molar-refractivity contribution in [1.29, 1.82) is 0 Å². The van der Waals surface area contributed by atoms with Crippen molar-refractivity contribution in [2.24, 2.45) is 5.73 Å². The van der Waals surface area contributed by atoms with E-state index in [0.29, 0.717) is 10.0 Å². The monoisotopic (exact) mass is 380 g/mol. The number of ether oxygens (including phenoxy) is 1. The minimum atomic E-state index is -0.602. The summed E-state index contributed by atoms with van der Waals surface area (Å²) in [6.45, 7) is 5.42. The smallest absolute Gasteiger partial charge is 0.408 e. The van der Waals surface area contributed by atoms with Gasteiger partial charge in [0, 0.05) is 10.0 Å². The Morgan fingerprint density at radius 3 is 2.24 bits per heavy atom. The van der Waals surface area contributed by atoms with Crippen LogP contribution in [0.2, 0.25) is 10.0 Å². The van der Waals surface area contributed by atoms with E-state index in [1.54, 1.807) is 45.0 Å². The largest absolute Gasteiger partial charge is 0.444 e. The fourth-order valence-corrected chi connectivity index (χ4v) is 2.72. The van der Waals surface area contributed by atoms with E-state index < -0.39 is 23.8 Å². The van der Waals surface area contributed by atoms with Crippen LogP contribution < -0.4 is 11.1 Å². The van der Waals surface area contributed by atoms with Crippen molar-refractivity contribution in [2.75, 3.05) is 0 Å². The summed E-state index contributed by atoms with van der Waals surface area (Å²) >= 11 is 12.0. The van der Waals surface area contributed by atoms with Crippen LogP contribution in [0.4, 0.5) is 4.79 Å². The molecule has 1 amide bonds. The zero-order valence-electron chi connectivity index (χ0n) is 14.4. The Hall–Kier alpha value is -1.75. The van der Waals surface area contributed by atoms with Gasteiger partial charge in [-0.25, -0.2) is 4.79 Å². The molecule has 4 nitrogen and oxygen atoms in total. The Labute approximate surface area is 158 Å². The second-order valence-electron chi connectivity index (χ2n) is 6.76. The molecule has 0 saturated carbocycles. The number of rotatable bonds is 4. The minimum Gasteiger partial charge on any atom is -0.444 e. The molecule has 0 spiro atoms. The molecule has 0 heterocycles. The minimum absolute atomic E-state index is 0.495. The number of halogens is 2. The molecule has 6 heteroatoms. The highest BCUT2D eigenvalue weighted by atomic mass is 35.5. The summed E-state index contributed by atoms with van der Waals surface area (Å²) in [5.74, 6) is 0. The second-order valence-corrected chi connectivity index (χ2v) is 7.63. The third-order valence-corrected chi connectivity index (χ3v) is 3.98. The Kier molecular flexibility index (Phi) is 6.33. The van der Waals surface area contributed by atoms with Gasteiger partial charge in [-0.3, -0.25) is 0 Å². The van der Waals surface area contributed by atoms with Crippen molar-refractivity contribution in [3.8, 4) is 0 Å². The summed E-state index contributed by atoms with van der Waals surface area (Å²) in [7, 11) is 0. The van der Waals surface area contributed by atoms with E-state index in [1.807, 2.05) is 24.3 Å². The summed E-state index contributed by atoms with van der Waals surface area (Å²) in [4.78, 5) is 12.3. The Bertz CT molecular complexity index is 727. The van der Waals surface area contributed by atoms with Crippen molar-refractivity contribution in [1.82, 2.24) is 5.32 Å². The number of amides is 1. The Morgan fingerprint density at radius 1 is 1.04 bits per heavy atom. The highest BCUT2D eigenvalue weighted by molar-refractivity contribution is 6.30. The molecule has 25 heavy (non-hydrogen) atoms. The van der Waals surface area contributed by atoms with Gasteiger partial charge in [-0.15, -0.1) is 0 Å². The van der Waals surface area contributed by atoms with Crippen LogP contribution in [0, 0.1) is 0 Å². The van der Waals surface area contributed by atoms with Crippen LogP contribution in [-0.4, -0.2) is 11.7 Å². The number of hydrogen-bond donors (Lipinski definition) is 2. The van der Waals surface area contributed by atoms with Gasteiger partial charge in [0.05, 0.1) is 12.1 Å². The molecule has 0 bridgehead atoms. The number of nitrogens with two attached hydrogens (primary N) is 1. The number of nitrogens with one attached hydrogen (secondary N) is 1. The van der Waals surface area contributed by atoms with Crippen LogP contribution in [0.5, 0.6) is 0 Å². The van der Waals surface area contributed by atoms with Gasteiger partial charge in [0.2, 0.25) is 0 Å². The first kappa shape index (κ1) is 19.6. The summed E-state index contributed by atoms with van der Waals surface area (Å²) in [6, 6.07) is 13.4. The average molecular weight is 381 g/mol. The van der Waals surface area contributed by atoms with Crippen LogP contribution in [0.1, 0.15) is 44.0 Å². The highest BCUT2D eigenvalue weighted by Gasteiger charge is 2.26. The number of hydrogen-bond acceptors (Lipinski definition) is 3. The zero-order chi connectivity index (χ0) is 18.6. The molecule has 2 unspecified atom stereocenters.